The number of nitrogens with zero attached hydrogens (tertiary/aromatic N) is 4. The molecule has 1 aliphatic carbocycles. The van der Waals surface area contributed by atoms with E-state index in [1.54, 1.807) is 6.07 Å². The first kappa shape index (κ1) is 24.8. The molecular weight excluding hydrogens is 456 g/mol. The molecular formula is C27H38N6O3. The van der Waals surface area contributed by atoms with Crippen molar-refractivity contribution in [3.8, 4) is 5.69 Å². The first-order valence-corrected chi connectivity index (χ1v) is 13.1. The van der Waals surface area contributed by atoms with Gasteiger partial charge in [0.15, 0.2) is 0 Å². The van der Waals surface area contributed by atoms with Gasteiger partial charge in [-0.05, 0) is 70.6 Å². The van der Waals surface area contributed by atoms with Gasteiger partial charge in [0.1, 0.15) is 0 Å². The van der Waals surface area contributed by atoms with Gasteiger partial charge in [0.2, 0.25) is 0 Å². The number of primary amides is 1. The first-order valence-electron chi connectivity index (χ1n) is 13.1. The third kappa shape index (κ3) is 4.74. The van der Waals surface area contributed by atoms with E-state index in [0.717, 1.165) is 49.6 Å². The van der Waals surface area contributed by atoms with E-state index in [4.69, 9.17) is 10.8 Å². The van der Waals surface area contributed by atoms with Crippen LogP contribution in [0.3, 0.4) is 0 Å². The zero-order valence-corrected chi connectivity index (χ0v) is 21.6. The van der Waals surface area contributed by atoms with Gasteiger partial charge in [-0.25, -0.2) is 4.68 Å². The summed E-state index contributed by atoms with van der Waals surface area (Å²) in [5.41, 5.74) is 9.72. The van der Waals surface area contributed by atoms with Crippen LogP contribution in [-0.2, 0) is 6.42 Å². The smallest absolute Gasteiger partial charge is 0.258 e. The molecule has 2 aromatic rings. The van der Waals surface area contributed by atoms with Crippen LogP contribution in [0.2, 0.25) is 0 Å². The molecule has 2 aliphatic heterocycles. The molecule has 36 heavy (non-hydrogen) atoms. The Labute approximate surface area is 212 Å². The van der Waals surface area contributed by atoms with Crippen molar-refractivity contribution in [2.45, 2.75) is 64.5 Å². The predicted octanol–water partition coefficient (Wildman–Crippen LogP) is 2.34. The molecule has 1 saturated carbocycles. The first-order chi connectivity index (χ1) is 17.2. The van der Waals surface area contributed by atoms with Crippen LogP contribution < -0.4 is 11.1 Å². The Morgan fingerprint density at radius 1 is 1.22 bits per heavy atom. The van der Waals surface area contributed by atoms with Crippen LogP contribution in [-0.4, -0.2) is 80.9 Å². The Bertz CT molecular complexity index is 1160. The lowest BCUT2D eigenvalue weighted by Crippen LogP contribution is -2.53. The molecule has 194 valence electrons. The lowest BCUT2D eigenvalue weighted by molar-refractivity contribution is 0.0487. The number of benzene rings is 1. The van der Waals surface area contributed by atoms with Gasteiger partial charge in [-0.1, -0.05) is 0 Å². The molecule has 3 heterocycles. The van der Waals surface area contributed by atoms with Gasteiger partial charge in [-0.15, -0.1) is 0 Å². The summed E-state index contributed by atoms with van der Waals surface area (Å²) in [4.78, 5) is 30.1. The van der Waals surface area contributed by atoms with E-state index in [0.29, 0.717) is 35.7 Å². The minimum Gasteiger partial charge on any atom is -0.395 e. The van der Waals surface area contributed by atoms with Crippen LogP contribution in [0.4, 0.5) is 5.69 Å². The van der Waals surface area contributed by atoms with Gasteiger partial charge in [0, 0.05) is 49.9 Å². The number of aryl methyl sites for hydroxylation is 1. The highest BCUT2D eigenvalue weighted by molar-refractivity contribution is 5.99. The van der Waals surface area contributed by atoms with Crippen molar-refractivity contribution in [1.82, 2.24) is 19.6 Å². The summed E-state index contributed by atoms with van der Waals surface area (Å²) >= 11 is 0. The molecule has 2 fully saturated rings. The van der Waals surface area contributed by atoms with Crippen LogP contribution in [0.5, 0.6) is 0 Å². The molecule has 0 radical (unpaired) electrons. The Morgan fingerprint density at radius 2 is 1.94 bits per heavy atom. The standard InChI is InChI=1S/C27H38N6O3/c1-17-24-23(15-27(2,3)32(26(24)36)16-18-4-5-18)33(30-17)20-6-7-21(25(28)35)22(14-20)29-19-8-10-31(11-9-19)12-13-34/h6-7,14,18-19,29,34H,4-5,8-13,15-16H2,1-3H3,(H2,28,35). The van der Waals surface area contributed by atoms with Crippen molar-refractivity contribution in [3.63, 3.8) is 0 Å². The maximum absolute atomic E-state index is 13.6. The summed E-state index contributed by atoms with van der Waals surface area (Å²) in [6.45, 7) is 9.62. The van der Waals surface area contributed by atoms with Crippen LogP contribution in [0.25, 0.3) is 5.69 Å². The zero-order chi connectivity index (χ0) is 25.6. The topological polar surface area (TPSA) is 117 Å². The number of fused-ring (bicyclic) bond motifs is 1. The monoisotopic (exact) mass is 494 g/mol. The third-order valence-corrected chi connectivity index (χ3v) is 7.96. The van der Waals surface area contributed by atoms with Gasteiger partial charge in [-0.3, -0.25) is 9.59 Å². The number of aliphatic hydroxyl groups is 1. The molecule has 0 spiro atoms. The summed E-state index contributed by atoms with van der Waals surface area (Å²) in [7, 11) is 0. The number of nitrogens with one attached hydrogen (secondary N) is 1. The van der Waals surface area contributed by atoms with Gasteiger partial charge < -0.3 is 26.0 Å². The average molecular weight is 495 g/mol. The quantitative estimate of drug-likeness (QED) is 0.519. The number of piperidine rings is 1. The normalized spacial score (nSPS) is 20.4. The maximum atomic E-state index is 13.6. The maximum Gasteiger partial charge on any atom is 0.258 e. The number of likely N-dealkylation sites (tertiary alicyclic amines) is 1. The van der Waals surface area contributed by atoms with E-state index in [9.17, 15) is 14.7 Å². The number of aromatic nitrogens is 2. The summed E-state index contributed by atoms with van der Waals surface area (Å²) < 4.78 is 1.87. The number of aliphatic hydroxyl groups excluding tert-OH is 1. The highest BCUT2D eigenvalue weighted by atomic mass is 16.3. The average Bonchev–Trinajstić information content (AvgIpc) is 3.59. The van der Waals surface area contributed by atoms with Crippen molar-refractivity contribution >= 4 is 17.5 Å². The predicted molar refractivity (Wildman–Crippen MR) is 139 cm³/mol. The zero-order valence-electron chi connectivity index (χ0n) is 21.6. The molecule has 3 aliphatic rings. The molecule has 9 heteroatoms. The van der Waals surface area contributed by atoms with Crippen LogP contribution >= 0.6 is 0 Å². The van der Waals surface area contributed by atoms with E-state index in [1.165, 1.54) is 12.8 Å². The second kappa shape index (κ2) is 9.52. The fourth-order valence-corrected chi connectivity index (χ4v) is 5.69. The van der Waals surface area contributed by atoms with Gasteiger partial charge in [-0.2, -0.15) is 5.10 Å². The number of carbonyl (C=O) groups is 2. The number of nitrogens with two attached hydrogens (primary N) is 1. The molecule has 1 aromatic carbocycles. The fraction of sp³-hybridized carbons (Fsp3) is 0.593. The number of hydrogen-bond donors (Lipinski definition) is 3. The summed E-state index contributed by atoms with van der Waals surface area (Å²) in [6, 6.07) is 5.74. The molecule has 0 unspecified atom stereocenters. The van der Waals surface area contributed by atoms with E-state index in [2.05, 4.69) is 24.1 Å². The van der Waals surface area contributed by atoms with E-state index >= 15 is 0 Å². The van der Waals surface area contributed by atoms with Crippen molar-refractivity contribution in [1.29, 1.82) is 0 Å². The Morgan fingerprint density at radius 3 is 2.58 bits per heavy atom. The van der Waals surface area contributed by atoms with Crippen LogP contribution in [0.15, 0.2) is 18.2 Å². The number of carbonyl (C=O) groups excluding carboxylic acids is 2. The highest BCUT2D eigenvalue weighted by Crippen LogP contribution is 2.38. The molecule has 9 nitrogen and oxygen atoms in total. The van der Waals surface area contributed by atoms with Gasteiger partial charge in [0.05, 0.1) is 34.8 Å². The molecule has 2 amide bonds. The molecule has 4 N–H and O–H groups in total. The number of amides is 2. The molecule has 1 aromatic heterocycles. The number of rotatable bonds is 8. The summed E-state index contributed by atoms with van der Waals surface area (Å²) in [5.74, 6) is 0.210. The molecule has 5 rings (SSSR count). The molecule has 0 bridgehead atoms. The molecule has 1 saturated heterocycles. The number of hydrogen-bond acceptors (Lipinski definition) is 6. The summed E-state index contributed by atoms with van der Waals surface area (Å²) in [5, 5.41) is 17.5. The lowest BCUT2D eigenvalue weighted by atomic mass is 9.87. The Balaban J connectivity index is 1.45. The third-order valence-electron chi connectivity index (χ3n) is 7.96. The Kier molecular flexibility index (Phi) is 6.55. The van der Waals surface area contributed by atoms with E-state index in [-0.39, 0.29) is 24.1 Å². The van der Waals surface area contributed by atoms with Crippen molar-refractivity contribution in [2.75, 3.05) is 38.1 Å². The second-order valence-electron chi connectivity index (χ2n) is 11.2. The minimum atomic E-state index is -0.479. The number of β-amino-alcohol motifs (C(OH)–C–C–N with tert-alkyl or cyclic N) is 1. The fourth-order valence-electron chi connectivity index (χ4n) is 5.69. The summed E-state index contributed by atoms with van der Waals surface area (Å²) in [6.07, 6.45) is 4.95. The highest BCUT2D eigenvalue weighted by Gasteiger charge is 2.43. The molecule has 0 atom stereocenters. The van der Waals surface area contributed by atoms with Crippen LogP contribution in [0, 0.1) is 12.8 Å². The second-order valence-corrected chi connectivity index (χ2v) is 11.2. The van der Waals surface area contributed by atoms with Crippen molar-refractivity contribution < 1.29 is 14.7 Å². The number of anilines is 1. The van der Waals surface area contributed by atoms with Crippen LogP contribution in [0.1, 0.15) is 71.6 Å². The van der Waals surface area contributed by atoms with E-state index in [1.807, 2.05) is 28.6 Å². The van der Waals surface area contributed by atoms with E-state index < -0.39 is 5.91 Å². The van der Waals surface area contributed by atoms with Gasteiger partial charge in [0.25, 0.3) is 11.8 Å². The Hall–Kier alpha value is -2.91. The minimum absolute atomic E-state index is 0.0682. The largest absolute Gasteiger partial charge is 0.395 e. The lowest BCUT2D eigenvalue weighted by Gasteiger charge is -2.42. The van der Waals surface area contributed by atoms with Gasteiger partial charge >= 0.3 is 0 Å². The van der Waals surface area contributed by atoms with Crippen molar-refractivity contribution in [2.24, 2.45) is 11.7 Å². The SMILES string of the molecule is Cc1nn(-c2ccc(C(N)=O)c(NC3CCN(CCO)CC3)c2)c2c1C(=O)N(CC1CC1)C(C)(C)C2. The van der Waals surface area contributed by atoms with Crippen molar-refractivity contribution in [3.05, 3.63) is 40.7 Å².